The maximum absolute atomic E-state index is 13.7. The minimum atomic E-state index is -1.35. The topological polar surface area (TPSA) is 100 Å². The van der Waals surface area contributed by atoms with Gasteiger partial charge in [-0.1, -0.05) is 36.4 Å². The van der Waals surface area contributed by atoms with Crippen LogP contribution in [0.4, 0.5) is 4.39 Å². The van der Waals surface area contributed by atoms with Crippen LogP contribution in [0.5, 0.6) is 23.0 Å². The summed E-state index contributed by atoms with van der Waals surface area (Å²) < 4.78 is 34.8. The molecule has 0 radical (unpaired) electrons. The van der Waals surface area contributed by atoms with Gasteiger partial charge in [0.05, 0.1) is 34.5 Å². The van der Waals surface area contributed by atoms with Gasteiger partial charge in [0.1, 0.15) is 11.7 Å². The first-order chi connectivity index (χ1) is 19.7. The highest BCUT2D eigenvalue weighted by Crippen LogP contribution is 2.30. The lowest BCUT2D eigenvalue weighted by atomic mass is 9.85. The van der Waals surface area contributed by atoms with Gasteiger partial charge in [-0.05, 0) is 65.2 Å². The Balaban J connectivity index is 2.02. The molecule has 0 fully saturated rings. The van der Waals surface area contributed by atoms with E-state index in [1.54, 1.807) is 36.4 Å². The van der Waals surface area contributed by atoms with Crippen molar-refractivity contribution in [2.75, 3.05) is 28.4 Å². The maximum atomic E-state index is 13.7. The Hall–Kier alpha value is -4.92. The molecule has 9 heteroatoms. The van der Waals surface area contributed by atoms with E-state index in [9.17, 15) is 18.8 Å². The summed E-state index contributed by atoms with van der Waals surface area (Å²) in [4.78, 5) is 39.4. The van der Waals surface area contributed by atoms with E-state index < -0.39 is 35.3 Å². The van der Waals surface area contributed by atoms with E-state index in [1.165, 1.54) is 83.9 Å². The highest BCUT2D eigenvalue weighted by atomic mass is 19.1. The number of amides is 1. The van der Waals surface area contributed by atoms with E-state index in [2.05, 4.69) is 5.32 Å². The zero-order valence-electron chi connectivity index (χ0n) is 23.5. The van der Waals surface area contributed by atoms with E-state index in [0.29, 0.717) is 39.7 Å². The molecule has 41 heavy (non-hydrogen) atoms. The minimum Gasteiger partial charge on any atom is -0.493 e. The summed E-state index contributed by atoms with van der Waals surface area (Å²) in [6.45, 7) is 1.28. The van der Waals surface area contributed by atoms with Crippen LogP contribution in [0, 0.1) is 11.7 Å². The van der Waals surface area contributed by atoms with Crippen molar-refractivity contribution in [1.29, 1.82) is 0 Å². The third kappa shape index (κ3) is 8.04. The van der Waals surface area contributed by atoms with Crippen LogP contribution in [0.1, 0.15) is 29.7 Å². The first-order valence-electron chi connectivity index (χ1n) is 12.6. The molecule has 1 N–H and O–H groups in total. The lowest BCUT2D eigenvalue weighted by Gasteiger charge is -2.25. The Kier molecular flexibility index (Phi) is 10.8. The summed E-state index contributed by atoms with van der Waals surface area (Å²) in [5.41, 5.74) is 1.65. The van der Waals surface area contributed by atoms with Crippen LogP contribution in [0.2, 0.25) is 0 Å². The highest BCUT2D eigenvalue weighted by molar-refractivity contribution is 6.14. The molecular formula is C32H32FNO7. The molecule has 0 aliphatic heterocycles. The maximum Gasteiger partial charge on any atom is 0.217 e. The van der Waals surface area contributed by atoms with Crippen LogP contribution in [-0.2, 0) is 14.4 Å². The van der Waals surface area contributed by atoms with Crippen LogP contribution in [0.3, 0.4) is 0 Å². The molecule has 0 bridgehead atoms. The standard InChI is InChI=1S/C32H32FNO7/c1-20(35)34-32(23-10-12-24(33)13-11-23)31(25(36)14-6-21-8-16-27(38-2)29(18-21)40-4)26(37)15-7-22-9-17-28(39-3)30(19-22)41-5/h6-19,31-32H,1-5H3,(H,34,35). The van der Waals surface area contributed by atoms with Gasteiger partial charge in [-0.15, -0.1) is 0 Å². The third-order valence-corrected chi connectivity index (χ3v) is 6.23. The van der Waals surface area contributed by atoms with Crippen molar-refractivity contribution in [2.45, 2.75) is 13.0 Å². The Labute approximate surface area is 238 Å². The quantitative estimate of drug-likeness (QED) is 0.226. The lowest BCUT2D eigenvalue weighted by Crippen LogP contribution is -2.39. The summed E-state index contributed by atoms with van der Waals surface area (Å²) in [7, 11) is 6.02. The average molecular weight is 562 g/mol. The number of ketones is 2. The van der Waals surface area contributed by atoms with Crippen LogP contribution < -0.4 is 24.3 Å². The van der Waals surface area contributed by atoms with E-state index in [4.69, 9.17) is 18.9 Å². The van der Waals surface area contributed by atoms with Gasteiger partial charge in [0.25, 0.3) is 0 Å². The number of carbonyl (C=O) groups excluding carboxylic acids is 3. The van der Waals surface area contributed by atoms with Gasteiger partial charge in [0, 0.05) is 6.92 Å². The van der Waals surface area contributed by atoms with Gasteiger partial charge in [-0.25, -0.2) is 4.39 Å². The Morgan fingerprint density at radius 2 is 1.12 bits per heavy atom. The van der Waals surface area contributed by atoms with Crippen molar-refractivity contribution in [1.82, 2.24) is 5.32 Å². The molecule has 0 aromatic heterocycles. The van der Waals surface area contributed by atoms with Crippen molar-refractivity contribution in [3.8, 4) is 23.0 Å². The highest BCUT2D eigenvalue weighted by Gasteiger charge is 2.34. The fraction of sp³-hybridized carbons (Fsp3) is 0.219. The molecule has 3 aromatic carbocycles. The molecule has 0 heterocycles. The number of allylic oxidation sites excluding steroid dienone is 2. The second-order valence-corrected chi connectivity index (χ2v) is 8.91. The van der Waals surface area contributed by atoms with Gasteiger partial charge in [0.2, 0.25) is 5.91 Å². The zero-order chi connectivity index (χ0) is 29.9. The molecule has 1 unspecified atom stereocenters. The van der Waals surface area contributed by atoms with Crippen molar-refractivity contribution < 1.29 is 37.7 Å². The molecule has 0 aliphatic carbocycles. The summed E-state index contributed by atoms with van der Waals surface area (Å²) >= 11 is 0. The van der Waals surface area contributed by atoms with E-state index >= 15 is 0 Å². The van der Waals surface area contributed by atoms with E-state index in [0.717, 1.165) is 0 Å². The normalized spacial score (nSPS) is 12.5. The second-order valence-electron chi connectivity index (χ2n) is 8.91. The van der Waals surface area contributed by atoms with Crippen LogP contribution in [0.15, 0.2) is 72.8 Å². The van der Waals surface area contributed by atoms with E-state index in [1.807, 2.05) is 0 Å². The molecule has 214 valence electrons. The molecule has 1 amide bonds. The van der Waals surface area contributed by atoms with E-state index in [-0.39, 0.29) is 0 Å². The van der Waals surface area contributed by atoms with Crippen LogP contribution >= 0.6 is 0 Å². The third-order valence-electron chi connectivity index (χ3n) is 6.23. The number of benzene rings is 3. The fourth-order valence-electron chi connectivity index (χ4n) is 4.19. The molecule has 8 nitrogen and oxygen atoms in total. The van der Waals surface area contributed by atoms with Crippen LogP contribution in [0.25, 0.3) is 12.2 Å². The lowest BCUT2D eigenvalue weighted by molar-refractivity contribution is -0.129. The number of halogens is 1. The largest absolute Gasteiger partial charge is 0.493 e. The monoisotopic (exact) mass is 561 g/mol. The summed E-state index contributed by atoms with van der Waals surface area (Å²) in [6.07, 6.45) is 5.62. The van der Waals surface area contributed by atoms with Gasteiger partial charge in [0.15, 0.2) is 34.6 Å². The SMILES string of the molecule is COc1ccc(C=CC(=O)C(C(=O)C=Cc2ccc(OC)c(OC)c2)C(NC(C)=O)c2ccc(F)cc2)cc1OC. The number of hydrogen-bond donors (Lipinski definition) is 1. The number of rotatable bonds is 13. The summed E-state index contributed by atoms with van der Waals surface area (Å²) in [6, 6.07) is 14.4. The van der Waals surface area contributed by atoms with Gasteiger partial charge < -0.3 is 24.3 Å². The number of ether oxygens (including phenoxy) is 4. The van der Waals surface area contributed by atoms with Crippen molar-refractivity contribution in [3.05, 3.63) is 95.3 Å². The van der Waals surface area contributed by atoms with Gasteiger partial charge in [-0.3, -0.25) is 14.4 Å². The van der Waals surface area contributed by atoms with Gasteiger partial charge >= 0.3 is 0 Å². The molecular weight excluding hydrogens is 529 g/mol. The number of nitrogens with one attached hydrogen (secondary N) is 1. The molecule has 3 aromatic rings. The zero-order valence-corrected chi connectivity index (χ0v) is 23.5. The first kappa shape index (κ1) is 30.6. The van der Waals surface area contributed by atoms with Crippen molar-refractivity contribution in [2.24, 2.45) is 5.92 Å². The number of hydrogen-bond acceptors (Lipinski definition) is 7. The Morgan fingerprint density at radius 1 is 0.683 bits per heavy atom. The summed E-state index contributed by atoms with van der Waals surface area (Å²) in [5.74, 6) is -1.46. The second kappa shape index (κ2) is 14.5. The minimum absolute atomic E-state index is 0.396. The molecule has 0 saturated heterocycles. The number of carbonyl (C=O) groups is 3. The van der Waals surface area contributed by atoms with Crippen molar-refractivity contribution in [3.63, 3.8) is 0 Å². The Morgan fingerprint density at radius 3 is 1.51 bits per heavy atom. The smallest absolute Gasteiger partial charge is 0.217 e. The van der Waals surface area contributed by atoms with Gasteiger partial charge in [-0.2, -0.15) is 0 Å². The molecule has 0 spiro atoms. The number of methoxy groups -OCH3 is 4. The average Bonchev–Trinajstić information content (AvgIpc) is 2.98. The molecule has 0 aliphatic rings. The van der Waals surface area contributed by atoms with Crippen molar-refractivity contribution >= 4 is 29.6 Å². The predicted molar refractivity (Wildman–Crippen MR) is 154 cm³/mol. The molecule has 0 saturated carbocycles. The summed E-state index contributed by atoms with van der Waals surface area (Å²) in [5, 5.41) is 2.70. The Bertz CT molecular complexity index is 1370. The first-order valence-corrected chi connectivity index (χ1v) is 12.6. The van der Waals surface area contributed by atoms with Crippen LogP contribution in [-0.4, -0.2) is 45.9 Å². The molecule has 3 rings (SSSR count). The fourth-order valence-corrected chi connectivity index (χ4v) is 4.19. The molecule has 1 atom stereocenters. The predicted octanol–water partition coefficient (Wildman–Crippen LogP) is 5.22.